The van der Waals surface area contributed by atoms with Gasteiger partial charge in [-0.1, -0.05) is 13.8 Å². The lowest BCUT2D eigenvalue weighted by Crippen LogP contribution is -2.70. The number of aliphatic hydroxyl groups excluding tert-OH is 5. The molecule has 14 nitrogen and oxygen atoms in total. The van der Waals surface area contributed by atoms with Crippen molar-refractivity contribution in [1.29, 1.82) is 5.41 Å². The van der Waals surface area contributed by atoms with Crippen molar-refractivity contribution in [3.8, 4) is 0 Å². The molecule has 6 N–H and O–H groups in total. The molecule has 15 heteroatoms. The van der Waals surface area contributed by atoms with Crippen LogP contribution in [-0.4, -0.2) is 118 Å². The predicted molar refractivity (Wildman–Crippen MR) is 79.9 cm³/mol. The van der Waals surface area contributed by atoms with E-state index in [0.717, 1.165) is 9.80 Å². The van der Waals surface area contributed by atoms with Crippen molar-refractivity contribution in [1.82, 2.24) is 15.0 Å². The van der Waals surface area contributed by atoms with Crippen molar-refractivity contribution in [2.75, 3.05) is 26.8 Å². The number of likely N-dealkylation sites (N-methyl/N-ethyl adjacent to an activating group) is 1. The Morgan fingerprint density at radius 3 is 1.92 bits per heavy atom. The van der Waals surface area contributed by atoms with Gasteiger partial charge in [0.05, 0.1) is 31.8 Å². The zero-order valence-electron chi connectivity index (χ0n) is 13.5. The van der Waals surface area contributed by atoms with Crippen molar-refractivity contribution >= 4 is 22.3 Å². The molecule has 1 amide bonds. The molecular formula is C11H20N4O10S. The Balaban J connectivity index is 2.11. The third kappa shape index (κ3) is 3.74. The normalized spacial score (nSPS) is 33.5. The number of carbonyl (C=O) groups is 1. The van der Waals surface area contributed by atoms with E-state index >= 15 is 0 Å². The summed E-state index contributed by atoms with van der Waals surface area (Å²) in [6.45, 7) is -2.10. The summed E-state index contributed by atoms with van der Waals surface area (Å²) in [6, 6.07) is -2.62. The minimum absolute atomic E-state index is 0.235. The zero-order valence-corrected chi connectivity index (χ0v) is 14.4. The summed E-state index contributed by atoms with van der Waals surface area (Å²) in [5.41, 5.74) is 0. The Labute approximate surface area is 148 Å². The first-order valence-corrected chi connectivity index (χ1v) is 8.68. The number of nitrogens with one attached hydrogen (secondary N) is 1. The third-order valence-corrected chi connectivity index (χ3v) is 4.73. The van der Waals surface area contributed by atoms with Gasteiger partial charge in [0.25, 0.3) is 0 Å². The molecule has 0 bridgehead atoms. The quantitative estimate of drug-likeness (QED) is 0.194. The standard InChI is InChI=1S/C11H20N4O10S/c1-13(11(12)15-24-26(22,23)25-15)2-7(18)14-5(3-16)8(19)10(21)9(20)6(14)4-17/h5-6,8-10,12,16-17,19-21H,2-4H2,1H3. The van der Waals surface area contributed by atoms with Crippen LogP contribution >= 0.6 is 0 Å². The second-order valence-electron chi connectivity index (χ2n) is 5.77. The molecule has 4 atom stereocenters. The lowest BCUT2D eigenvalue weighted by Gasteiger charge is -2.48. The molecule has 0 saturated carbocycles. The van der Waals surface area contributed by atoms with Crippen LogP contribution in [0.5, 0.6) is 0 Å². The fraction of sp³-hybridized carbons (Fsp3) is 0.818. The topological polar surface area (TPSA) is 204 Å². The Hall–Kier alpha value is -1.59. The van der Waals surface area contributed by atoms with Crippen LogP contribution in [-0.2, 0) is 23.8 Å². The number of aliphatic hydroxyl groups is 5. The Kier molecular flexibility index (Phi) is 6.03. The Bertz CT molecular complexity index is 629. The lowest BCUT2D eigenvalue weighted by atomic mass is 9.88. The van der Waals surface area contributed by atoms with Crippen LogP contribution in [0.15, 0.2) is 0 Å². The summed E-state index contributed by atoms with van der Waals surface area (Å²) >= 11 is 0. The summed E-state index contributed by atoms with van der Waals surface area (Å²) in [4.78, 5) is 14.3. The van der Waals surface area contributed by atoms with Gasteiger partial charge in [-0.2, -0.15) is 8.42 Å². The molecule has 2 saturated heterocycles. The molecule has 0 aromatic carbocycles. The van der Waals surface area contributed by atoms with E-state index in [1.165, 1.54) is 7.05 Å². The molecular weight excluding hydrogens is 380 g/mol. The van der Waals surface area contributed by atoms with Crippen LogP contribution in [0.3, 0.4) is 0 Å². The average molecular weight is 400 g/mol. The van der Waals surface area contributed by atoms with E-state index in [-0.39, 0.29) is 5.23 Å². The van der Waals surface area contributed by atoms with Crippen LogP contribution in [0.25, 0.3) is 0 Å². The fourth-order valence-electron chi connectivity index (χ4n) is 2.73. The monoisotopic (exact) mass is 400 g/mol. The van der Waals surface area contributed by atoms with E-state index in [9.17, 15) is 38.7 Å². The zero-order chi connectivity index (χ0) is 19.8. The van der Waals surface area contributed by atoms with E-state index in [2.05, 4.69) is 8.57 Å². The second kappa shape index (κ2) is 7.57. The molecule has 150 valence electrons. The number of amides is 1. The summed E-state index contributed by atoms with van der Waals surface area (Å²) in [7, 11) is -2.97. The van der Waals surface area contributed by atoms with E-state index in [4.69, 9.17) is 5.41 Å². The summed E-state index contributed by atoms with van der Waals surface area (Å²) in [5.74, 6) is -1.48. The highest BCUT2D eigenvalue weighted by molar-refractivity contribution is 7.82. The number of nitrogens with zero attached hydrogens (tertiary/aromatic N) is 3. The largest absolute Gasteiger partial charge is 0.446 e. The molecule has 2 heterocycles. The molecule has 0 radical (unpaired) electrons. The van der Waals surface area contributed by atoms with Crippen molar-refractivity contribution in [2.45, 2.75) is 30.4 Å². The summed E-state index contributed by atoms with van der Waals surface area (Å²) in [6.07, 6.45) is -5.02. The highest BCUT2D eigenvalue weighted by atomic mass is 32.3. The minimum Gasteiger partial charge on any atom is -0.394 e. The summed E-state index contributed by atoms with van der Waals surface area (Å²) in [5, 5.41) is 56.5. The highest BCUT2D eigenvalue weighted by Crippen LogP contribution is 2.25. The molecule has 0 aromatic rings. The van der Waals surface area contributed by atoms with E-state index in [1.54, 1.807) is 0 Å². The van der Waals surface area contributed by atoms with Gasteiger partial charge in [-0.15, -0.1) is 0 Å². The molecule has 26 heavy (non-hydrogen) atoms. The molecule has 2 fully saturated rings. The van der Waals surface area contributed by atoms with Gasteiger partial charge in [0.2, 0.25) is 11.9 Å². The molecule has 4 unspecified atom stereocenters. The van der Waals surface area contributed by atoms with Crippen LogP contribution in [0.2, 0.25) is 0 Å². The maximum Gasteiger partial charge on any atom is 0.446 e. The maximum atomic E-state index is 12.5. The number of hydrogen-bond acceptors (Lipinski definition) is 11. The van der Waals surface area contributed by atoms with E-state index in [1.807, 2.05) is 0 Å². The van der Waals surface area contributed by atoms with E-state index in [0.29, 0.717) is 0 Å². The SMILES string of the molecule is CN(CC(=O)N1C(CO)C(O)C(O)C(O)C1CO)C(=N)N1OS(=O)(=O)O1. The minimum atomic E-state index is -4.20. The third-order valence-electron chi connectivity index (χ3n) is 4.09. The Morgan fingerprint density at radius 2 is 1.54 bits per heavy atom. The Morgan fingerprint density at radius 1 is 1.08 bits per heavy atom. The molecule has 2 aliphatic rings. The number of guanidine groups is 1. The van der Waals surface area contributed by atoms with Crippen molar-refractivity contribution in [2.24, 2.45) is 0 Å². The first-order chi connectivity index (χ1) is 12.0. The molecule has 2 rings (SSSR count). The van der Waals surface area contributed by atoms with Crippen LogP contribution in [0, 0.1) is 5.41 Å². The van der Waals surface area contributed by atoms with Gasteiger partial charge < -0.3 is 35.3 Å². The van der Waals surface area contributed by atoms with Crippen LogP contribution in [0.4, 0.5) is 0 Å². The first-order valence-electron chi connectivity index (χ1n) is 7.35. The maximum absolute atomic E-state index is 12.5. The van der Waals surface area contributed by atoms with Gasteiger partial charge in [0.15, 0.2) is 0 Å². The number of rotatable bonds is 4. The van der Waals surface area contributed by atoms with Crippen LogP contribution in [0.1, 0.15) is 0 Å². The van der Waals surface area contributed by atoms with Crippen LogP contribution < -0.4 is 0 Å². The van der Waals surface area contributed by atoms with Crippen molar-refractivity contribution < 1.29 is 47.3 Å². The average Bonchev–Trinajstić information content (AvgIpc) is 2.56. The molecule has 2 aliphatic heterocycles. The number of piperidine rings is 1. The molecule has 0 aromatic heterocycles. The predicted octanol–water partition coefficient (Wildman–Crippen LogP) is -5.08. The van der Waals surface area contributed by atoms with Gasteiger partial charge >= 0.3 is 10.4 Å². The molecule has 0 aliphatic carbocycles. The highest BCUT2D eigenvalue weighted by Gasteiger charge is 2.49. The lowest BCUT2D eigenvalue weighted by molar-refractivity contribution is -0.274. The van der Waals surface area contributed by atoms with Crippen molar-refractivity contribution in [3.05, 3.63) is 0 Å². The number of hydroxylamine groups is 2. The van der Waals surface area contributed by atoms with Gasteiger partial charge in [-0.05, 0) is 0 Å². The number of likely N-dealkylation sites (tertiary alicyclic amines) is 1. The smallest absolute Gasteiger partial charge is 0.394 e. The van der Waals surface area contributed by atoms with Gasteiger partial charge in [0, 0.05) is 7.05 Å². The fourth-order valence-corrected chi connectivity index (χ4v) is 3.22. The summed E-state index contributed by atoms with van der Waals surface area (Å²) < 4.78 is 29.8. The van der Waals surface area contributed by atoms with Gasteiger partial charge in [-0.25, -0.2) is 0 Å². The van der Waals surface area contributed by atoms with Crippen molar-refractivity contribution in [3.63, 3.8) is 0 Å². The van der Waals surface area contributed by atoms with Gasteiger partial charge in [-0.3, -0.25) is 10.2 Å². The van der Waals surface area contributed by atoms with Gasteiger partial charge in [0.1, 0.15) is 18.3 Å². The second-order valence-corrected chi connectivity index (χ2v) is 6.88. The number of carbonyl (C=O) groups excluding carboxylic acids is 1. The van der Waals surface area contributed by atoms with E-state index < -0.39 is 72.4 Å². The first kappa shape index (κ1) is 20.7. The number of hydrogen-bond donors (Lipinski definition) is 6. The molecule has 0 spiro atoms.